The summed E-state index contributed by atoms with van der Waals surface area (Å²) in [6, 6.07) is 0. The van der Waals surface area contributed by atoms with Gasteiger partial charge >= 0.3 is 0 Å². The van der Waals surface area contributed by atoms with Gasteiger partial charge in [-0.1, -0.05) is 20.3 Å². The van der Waals surface area contributed by atoms with Gasteiger partial charge in [0, 0.05) is 25.4 Å². The number of hydrogen-bond acceptors (Lipinski definition) is 3. The third-order valence-corrected chi connectivity index (χ3v) is 5.04. The first-order valence-corrected chi connectivity index (χ1v) is 7.73. The molecular formula is C13H25NOS. The number of likely N-dealkylation sites (tertiary alicyclic amines) is 1. The van der Waals surface area contributed by atoms with E-state index in [0.717, 1.165) is 18.3 Å². The van der Waals surface area contributed by atoms with Gasteiger partial charge in [-0.15, -0.1) is 0 Å². The SMILES string of the molecule is CC(C)SCCN1CC2CCCC(C1)C2O. The van der Waals surface area contributed by atoms with Crippen molar-refractivity contribution >= 4 is 11.8 Å². The number of nitrogens with zero attached hydrogens (tertiary/aromatic N) is 1. The van der Waals surface area contributed by atoms with Gasteiger partial charge in [-0.2, -0.15) is 11.8 Å². The lowest BCUT2D eigenvalue weighted by atomic mass is 9.75. The minimum absolute atomic E-state index is 0.00255. The summed E-state index contributed by atoms with van der Waals surface area (Å²) in [5.41, 5.74) is 0. The fraction of sp³-hybridized carbons (Fsp3) is 1.00. The third kappa shape index (κ3) is 3.14. The highest BCUT2D eigenvalue weighted by molar-refractivity contribution is 7.99. The van der Waals surface area contributed by atoms with Gasteiger partial charge < -0.3 is 10.0 Å². The number of piperidine rings is 1. The molecule has 2 nitrogen and oxygen atoms in total. The fourth-order valence-electron chi connectivity index (χ4n) is 3.11. The van der Waals surface area contributed by atoms with Gasteiger partial charge in [0.25, 0.3) is 0 Å². The minimum atomic E-state index is 0.00255. The lowest BCUT2D eigenvalue weighted by Gasteiger charge is -2.45. The van der Waals surface area contributed by atoms with Crippen LogP contribution in [0.1, 0.15) is 33.1 Å². The zero-order chi connectivity index (χ0) is 11.5. The highest BCUT2D eigenvalue weighted by Crippen LogP contribution is 2.34. The standard InChI is InChI=1S/C13H25NOS/c1-10(2)16-7-6-14-8-11-4-3-5-12(9-14)13(11)15/h10-13,15H,3-9H2,1-2H3. The van der Waals surface area contributed by atoms with Crippen molar-refractivity contribution in [3.05, 3.63) is 0 Å². The van der Waals surface area contributed by atoms with Crippen LogP contribution in [0.5, 0.6) is 0 Å². The molecule has 1 aliphatic heterocycles. The third-order valence-electron chi connectivity index (χ3n) is 3.96. The van der Waals surface area contributed by atoms with Crippen molar-refractivity contribution in [1.29, 1.82) is 0 Å². The first-order chi connectivity index (χ1) is 7.66. The Kier molecular flexibility index (Phi) is 4.57. The summed E-state index contributed by atoms with van der Waals surface area (Å²) in [6.45, 7) is 8.01. The Morgan fingerprint density at radius 2 is 1.88 bits per heavy atom. The summed E-state index contributed by atoms with van der Waals surface area (Å²) >= 11 is 2.05. The van der Waals surface area contributed by atoms with Crippen molar-refractivity contribution in [2.45, 2.75) is 44.5 Å². The molecule has 1 saturated carbocycles. The Hall–Kier alpha value is 0.270. The maximum Gasteiger partial charge on any atom is 0.0620 e. The molecule has 1 saturated heterocycles. The molecule has 1 heterocycles. The molecule has 2 atom stereocenters. The predicted octanol–water partition coefficient (Wildman–Crippen LogP) is 2.22. The molecule has 0 amide bonds. The van der Waals surface area contributed by atoms with Crippen molar-refractivity contribution in [3.63, 3.8) is 0 Å². The molecule has 1 aliphatic carbocycles. The number of aliphatic hydroxyl groups excluding tert-OH is 1. The molecule has 16 heavy (non-hydrogen) atoms. The Balaban J connectivity index is 1.76. The van der Waals surface area contributed by atoms with Crippen molar-refractivity contribution < 1.29 is 5.11 Å². The van der Waals surface area contributed by atoms with Gasteiger partial charge in [0.2, 0.25) is 0 Å². The molecule has 1 N–H and O–H groups in total. The van der Waals surface area contributed by atoms with Crippen LogP contribution in [0.25, 0.3) is 0 Å². The smallest absolute Gasteiger partial charge is 0.0620 e. The first kappa shape index (κ1) is 12.7. The second-order valence-corrected chi connectivity index (χ2v) is 7.31. The van der Waals surface area contributed by atoms with E-state index >= 15 is 0 Å². The van der Waals surface area contributed by atoms with E-state index in [-0.39, 0.29) is 6.10 Å². The van der Waals surface area contributed by atoms with Crippen LogP contribution in [0.3, 0.4) is 0 Å². The normalized spacial score (nSPS) is 35.6. The Bertz CT molecular complexity index is 208. The van der Waals surface area contributed by atoms with E-state index in [4.69, 9.17) is 0 Å². The summed E-state index contributed by atoms with van der Waals surface area (Å²) < 4.78 is 0. The number of thioether (sulfide) groups is 1. The van der Waals surface area contributed by atoms with Crippen molar-refractivity contribution in [2.75, 3.05) is 25.4 Å². The van der Waals surface area contributed by atoms with Crippen LogP contribution in [0.2, 0.25) is 0 Å². The number of rotatable bonds is 4. The van der Waals surface area contributed by atoms with E-state index in [2.05, 4.69) is 18.7 Å². The highest BCUT2D eigenvalue weighted by atomic mass is 32.2. The average Bonchev–Trinajstić information content (AvgIpc) is 2.18. The van der Waals surface area contributed by atoms with Crippen LogP contribution in [0.15, 0.2) is 0 Å². The number of aliphatic hydroxyl groups is 1. The Morgan fingerprint density at radius 3 is 2.44 bits per heavy atom. The maximum atomic E-state index is 10.1. The molecule has 2 aliphatic rings. The van der Waals surface area contributed by atoms with Crippen LogP contribution in [0, 0.1) is 11.8 Å². The predicted molar refractivity (Wildman–Crippen MR) is 70.9 cm³/mol. The molecule has 2 rings (SSSR count). The molecule has 0 aromatic carbocycles. The molecule has 2 bridgehead atoms. The van der Waals surface area contributed by atoms with Crippen LogP contribution in [0.4, 0.5) is 0 Å². The second kappa shape index (κ2) is 5.74. The minimum Gasteiger partial charge on any atom is -0.392 e. The van der Waals surface area contributed by atoms with Gasteiger partial charge in [-0.25, -0.2) is 0 Å². The zero-order valence-electron chi connectivity index (χ0n) is 10.6. The molecule has 0 aromatic rings. The molecule has 0 aromatic heterocycles. The lowest BCUT2D eigenvalue weighted by Crippen LogP contribution is -2.51. The van der Waals surface area contributed by atoms with Crippen LogP contribution in [-0.2, 0) is 0 Å². The first-order valence-electron chi connectivity index (χ1n) is 6.69. The Morgan fingerprint density at radius 1 is 1.25 bits per heavy atom. The largest absolute Gasteiger partial charge is 0.392 e. The van der Waals surface area contributed by atoms with Gasteiger partial charge in [0.15, 0.2) is 0 Å². The van der Waals surface area contributed by atoms with Crippen LogP contribution in [-0.4, -0.2) is 46.7 Å². The fourth-order valence-corrected chi connectivity index (χ4v) is 3.94. The van der Waals surface area contributed by atoms with E-state index in [0.29, 0.717) is 11.8 Å². The number of hydrogen-bond donors (Lipinski definition) is 1. The number of fused-ring (bicyclic) bond motifs is 2. The Labute approximate surface area is 104 Å². The topological polar surface area (TPSA) is 23.5 Å². The zero-order valence-corrected chi connectivity index (χ0v) is 11.4. The summed E-state index contributed by atoms with van der Waals surface area (Å²) in [5.74, 6) is 2.38. The van der Waals surface area contributed by atoms with Gasteiger partial charge in [-0.3, -0.25) is 0 Å². The van der Waals surface area contributed by atoms with E-state index in [1.807, 2.05) is 11.8 Å². The molecule has 2 unspecified atom stereocenters. The maximum absolute atomic E-state index is 10.1. The van der Waals surface area contributed by atoms with Gasteiger partial charge in [-0.05, 0) is 29.9 Å². The molecule has 3 heteroatoms. The molecule has 94 valence electrons. The van der Waals surface area contributed by atoms with Crippen molar-refractivity contribution in [3.8, 4) is 0 Å². The van der Waals surface area contributed by atoms with E-state index < -0.39 is 0 Å². The average molecular weight is 243 g/mol. The van der Waals surface area contributed by atoms with E-state index in [1.54, 1.807) is 0 Å². The summed E-state index contributed by atoms with van der Waals surface area (Å²) in [6.07, 6.45) is 3.82. The van der Waals surface area contributed by atoms with Crippen molar-refractivity contribution in [1.82, 2.24) is 4.90 Å². The summed E-state index contributed by atoms with van der Waals surface area (Å²) in [7, 11) is 0. The molecule has 2 fully saturated rings. The molecular weight excluding hydrogens is 218 g/mol. The quantitative estimate of drug-likeness (QED) is 0.819. The lowest BCUT2D eigenvalue weighted by molar-refractivity contribution is -0.0474. The van der Waals surface area contributed by atoms with Crippen LogP contribution >= 0.6 is 11.8 Å². The summed E-state index contributed by atoms with van der Waals surface area (Å²) in [5, 5.41) is 10.8. The van der Waals surface area contributed by atoms with Crippen LogP contribution < -0.4 is 0 Å². The second-order valence-electron chi connectivity index (χ2n) is 5.62. The highest BCUT2D eigenvalue weighted by Gasteiger charge is 2.37. The molecule has 0 spiro atoms. The van der Waals surface area contributed by atoms with Gasteiger partial charge in [0.1, 0.15) is 0 Å². The van der Waals surface area contributed by atoms with Crippen molar-refractivity contribution in [2.24, 2.45) is 11.8 Å². The summed E-state index contributed by atoms with van der Waals surface area (Å²) in [4.78, 5) is 2.58. The van der Waals surface area contributed by atoms with Gasteiger partial charge in [0.05, 0.1) is 6.10 Å². The monoisotopic (exact) mass is 243 g/mol. The van der Waals surface area contributed by atoms with E-state index in [1.165, 1.54) is 31.6 Å². The molecule has 0 radical (unpaired) electrons. The van der Waals surface area contributed by atoms with E-state index in [9.17, 15) is 5.11 Å².